The van der Waals surface area contributed by atoms with Gasteiger partial charge < -0.3 is 15.5 Å². The molecule has 0 bridgehead atoms. The predicted octanol–water partition coefficient (Wildman–Crippen LogP) is 3.31. The first-order valence-electron chi connectivity index (χ1n) is 8.80. The Bertz CT molecular complexity index is 837. The van der Waals surface area contributed by atoms with Gasteiger partial charge in [-0.15, -0.1) is 10.2 Å². The summed E-state index contributed by atoms with van der Waals surface area (Å²) < 4.78 is 0. The lowest BCUT2D eigenvalue weighted by molar-refractivity contribution is -0.0235. The highest BCUT2D eigenvalue weighted by Crippen LogP contribution is 2.39. The highest BCUT2D eigenvalue weighted by Gasteiger charge is 2.39. The molecule has 25 heavy (non-hydrogen) atoms. The Balaban J connectivity index is 1.67. The van der Waals surface area contributed by atoms with Crippen molar-refractivity contribution in [2.75, 3.05) is 5.32 Å². The van der Waals surface area contributed by atoms with E-state index in [1.54, 1.807) is 12.1 Å². The van der Waals surface area contributed by atoms with Crippen LogP contribution in [0.5, 0.6) is 5.75 Å². The van der Waals surface area contributed by atoms with Gasteiger partial charge in [0.05, 0.1) is 5.60 Å². The van der Waals surface area contributed by atoms with E-state index >= 15 is 0 Å². The van der Waals surface area contributed by atoms with E-state index < -0.39 is 5.60 Å². The molecule has 130 valence electrons. The van der Waals surface area contributed by atoms with Crippen molar-refractivity contribution >= 4 is 11.9 Å². The highest BCUT2D eigenvalue weighted by molar-refractivity contribution is 5.74. The average molecular weight is 337 g/mol. The van der Waals surface area contributed by atoms with E-state index in [1.165, 1.54) is 11.1 Å². The number of phenolic OH excluding ortho intramolecular Hbond substituents is 1. The van der Waals surface area contributed by atoms with Crippen LogP contribution in [0.1, 0.15) is 42.9 Å². The normalized spacial score (nSPS) is 24.5. The molecule has 2 aromatic rings. The summed E-state index contributed by atoms with van der Waals surface area (Å²) >= 11 is 0. The van der Waals surface area contributed by atoms with E-state index in [0.717, 1.165) is 54.7 Å². The summed E-state index contributed by atoms with van der Waals surface area (Å²) in [6.45, 7) is 5.59. The SMILES string of the molecule is C=Cc1ccc(-c2nnc(NC3CC(C)(O)C3)c3c2CCC3)c(O)c1. The van der Waals surface area contributed by atoms with E-state index in [-0.39, 0.29) is 11.8 Å². The van der Waals surface area contributed by atoms with E-state index in [0.29, 0.717) is 0 Å². The minimum Gasteiger partial charge on any atom is -0.507 e. The number of nitrogens with one attached hydrogen (secondary N) is 1. The lowest BCUT2D eigenvalue weighted by Gasteiger charge is -2.41. The number of aromatic nitrogens is 2. The van der Waals surface area contributed by atoms with Crippen LogP contribution >= 0.6 is 0 Å². The van der Waals surface area contributed by atoms with E-state index in [2.05, 4.69) is 22.1 Å². The lowest BCUT2D eigenvalue weighted by atomic mass is 9.77. The molecule has 5 nitrogen and oxygen atoms in total. The van der Waals surface area contributed by atoms with Crippen LogP contribution in [0.2, 0.25) is 0 Å². The molecule has 0 saturated heterocycles. The summed E-state index contributed by atoms with van der Waals surface area (Å²) in [7, 11) is 0. The van der Waals surface area contributed by atoms with Crippen molar-refractivity contribution in [1.29, 1.82) is 0 Å². The van der Waals surface area contributed by atoms with Crippen LogP contribution in [0.15, 0.2) is 24.8 Å². The third-order valence-corrected chi connectivity index (χ3v) is 5.27. The van der Waals surface area contributed by atoms with Gasteiger partial charge >= 0.3 is 0 Å². The van der Waals surface area contributed by atoms with Crippen molar-refractivity contribution < 1.29 is 10.2 Å². The fraction of sp³-hybridized carbons (Fsp3) is 0.400. The summed E-state index contributed by atoms with van der Waals surface area (Å²) in [5.41, 5.74) is 4.17. The molecule has 0 spiro atoms. The van der Waals surface area contributed by atoms with Crippen LogP contribution in [0, 0.1) is 0 Å². The van der Waals surface area contributed by atoms with Gasteiger partial charge in [0.15, 0.2) is 5.82 Å². The molecule has 0 radical (unpaired) electrons. The zero-order chi connectivity index (χ0) is 17.6. The molecule has 2 aliphatic carbocycles. The van der Waals surface area contributed by atoms with Crippen LogP contribution < -0.4 is 5.32 Å². The molecule has 4 rings (SSSR count). The Kier molecular flexibility index (Phi) is 3.76. The highest BCUT2D eigenvalue weighted by atomic mass is 16.3. The molecule has 1 fully saturated rings. The molecule has 1 saturated carbocycles. The van der Waals surface area contributed by atoms with Gasteiger partial charge in [-0.05, 0) is 62.3 Å². The second-order valence-corrected chi connectivity index (χ2v) is 7.44. The van der Waals surface area contributed by atoms with E-state index in [9.17, 15) is 10.2 Å². The van der Waals surface area contributed by atoms with Gasteiger partial charge in [0.2, 0.25) is 0 Å². The summed E-state index contributed by atoms with van der Waals surface area (Å²) in [4.78, 5) is 0. The van der Waals surface area contributed by atoms with Gasteiger partial charge in [0.1, 0.15) is 11.4 Å². The summed E-state index contributed by atoms with van der Waals surface area (Å²) in [5.74, 6) is 1.04. The molecule has 0 aliphatic heterocycles. The number of benzene rings is 1. The zero-order valence-corrected chi connectivity index (χ0v) is 14.4. The second kappa shape index (κ2) is 5.85. The largest absolute Gasteiger partial charge is 0.507 e. The fourth-order valence-corrected chi connectivity index (χ4v) is 3.99. The van der Waals surface area contributed by atoms with Crippen LogP contribution in [-0.4, -0.2) is 32.1 Å². The first-order valence-corrected chi connectivity index (χ1v) is 8.80. The van der Waals surface area contributed by atoms with Crippen molar-refractivity contribution in [2.45, 2.75) is 50.7 Å². The molecule has 1 aromatic heterocycles. The number of rotatable bonds is 4. The smallest absolute Gasteiger partial charge is 0.152 e. The van der Waals surface area contributed by atoms with E-state index in [4.69, 9.17) is 0 Å². The Labute approximate surface area is 147 Å². The summed E-state index contributed by atoms with van der Waals surface area (Å²) in [6.07, 6.45) is 6.15. The number of hydrogen-bond donors (Lipinski definition) is 3. The van der Waals surface area contributed by atoms with Crippen LogP contribution in [-0.2, 0) is 12.8 Å². The second-order valence-electron chi connectivity index (χ2n) is 7.44. The Morgan fingerprint density at radius 3 is 2.68 bits per heavy atom. The molecular formula is C20H23N3O2. The van der Waals surface area contributed by atoms with Crippen molar-refractivity contribution in [2.24, 2.45) is 0 Å². The number of anilines is 1. The molecule has 3 N–H and O–H groups in total. The molecule has 1 heterocycles. The number of aromatic hydroxyl groups is 1. The molecule has 2 aliphatic rings. The average Bonchev–Trinajstić information content (AvgIpc) is 3.04. The molecule has 5 heteroatoms. The minimum absolute atomic E-state index is 0.205. The zero-order valence-electron chi connectivity index (χ0n) is 14.4. The predicted molar refractivity (Wildman–Crippen MR) is 98.5 cm³/mol. The van der Waals surface area contributed by atoms with Gasteiger partial charge in [-0.1, -0.05) is 18.7 Å². The Morgan fingerprint density at radius 2 is 2.00 bits per heavy atom. The number of fused-ring (bicyclic) bond motifs is 1. The lowest BCUT2D eigenvalue weighted by Crippen LogP contribution is -2.48. The first kappa shape index (κ1) is 16.1. The standard InChI is InChI=1S/C20H23N3O2/c1-3-12-7-8-16(17(24)9-12)18-14-5-4-6-15(14)19(23-22-18)21-13-10-20(2,25)11-13/h3,7-9,13,24-25H,1,4-6,10-11H2,2H3,(H,21,23). The summed E-state index contributed by atoms with van der Waals surface area (Å²) in [5, 5.41) is 32.5. The third-order valence-electron chi connectivity index (χ3n) is 5.27. The van der Waals surface area contributed by atoms with Crippen molar-refractivity contribution in [3.63, 3.8) is 0 Å². The van der Waals surface area contributed by atoms with Gasteiger partial charge in [0.25, 0.3) is 0 Å². The van der Waals surface area contributed by atoms with Gasteiger partial charge in [0, 0.05) is 17.2 Å². The molecule has 0 unspecified atom stereocenters. The Morgan fingerprint density at radius 1 is 1.24 bits per heavy atom. The maximum absolute atomic E-state index is 10.4. The quantitative estimate of drug-likeness (QED) is 0.798. The van der Waals surface area contributed by atoms with Crippen molar-refractivity contribution in [1.82, 2.24) is 10.2 Å². The Hall–Kier alpha value is -2.40. The molecule has 1 aromatic carbocycles. The molecule has 0 atom stereocenters. The number of phenols is 1. The maximum Gasteiger partial charge on any atom is 0.152 e. The van der Waals surface area contributed by atoms with Crippen LogP contribution in [0.4, 0.5) is 5.82 Å². The number of nitrogens with zero attached hydrogens (tertiary/aromatic N) is 2. The number of hydrogen-bond acceptors (Lipinski definition) is 5. The third kappa shape index (κ3) is 2.89. The van der Waals surface area contributed by atoms with Gasteiger partial charge in [-0.2, -0.15) is 0 Å². The maximum atomic E-state index is 10.4. The molecular weight excluding hydrogens is 314 g/mol. The van der Waals surface area contributed by atoms with Crippen molar-refractivity contribution in [3.05, 3.63) is 41.5 Å². The summed E-state index contributed by atoms with van der Waals surface area (Å²) in [6, 6.07) is 5.76. The minimum atomic E-state index is -0.563. The fourth-order valence-electron chi connectivity index (χ4n) is 3.99. The number of aliphatic hydroxyl groups is 1. The van der Waals surface area contributed by atoms with Crippen molar-refractivity contribution in [3.8, 4) is 17.0 Å². The van der Waals surface area contributed by atoms with Crippen LogP contribution in [0.25, 0.3) is 17.3 Å². The van der Waals surface area contributed by atoms with E-state index in [1.807, 2.05) is 19.1 Å². The van der Waals surface area contributed by atoms with Gasteiger partial charge in [-0.25, -0.2) is 0 Å². The first-order chi connectivity index (χ1) is 12.0. The van der Waals surface area contributed by atoms with Gasteiger partial charge in [-0.3, -0.25) is 0 Å². The van der Waals surface area contributed by atoms with Crippen LogP contribution in [0.3, 0.4) is 0 Å². The topological polar surface area (TPSA) is 78.3 Å². The monoisotopic (exact) mass is 337 g/mol. The molecule has 0 amide bonds.